The van der Waals surface area contributed by atoms with Crippen molar-refractivity contribution in [2.24, 2.45) is 0 Å². The second-order valence-electron chi connectivity index (χ2n) is 6.25. The normalized spacial score (nSPS) is 11.5. The van der Waals surface area contributed by atoms with E-state index in [9.17, 15) is 8.42 Å². The molecule has 7 heteroatoms. The first kappa shape index (κ1) is 18.7. The first-order valence-corrected chi connectivity index (χ1v) is 10.4. The van der Waals surface area contributed by atoms with Crippen LogP contribution in [0, 0.1) is 20.8 Å². The summed E-state index contributed by atoms with van der Waals surface area (Å²) in [5.74, 6) is 0. The average Bonchev–Trinajstić information content (AvgIpc) is 2.84. The quantitative estimate of drug-likeness (QED) is 0.647. The molecular formula is C19H20BrN3O2S. The number of benzene rings is 2. The maximum Gasteiger partial charge on any atom is 0.262 e. The predicted octanol–water partition coefficient (Wildman–Crippen LogP) is 4.42. The Morgan fingerprint density at radius 3 is 2.23 bits per heavy atom. The molecule has 136 valence electrons. The minimum atomic E-state index is -3.65. The van der Waals surface area contributed by atoms with Crippen LogP contribution < -0.4 is 4.72 Å². The number of aryl methyl sites for hydroxylation is 2. The molecule has 0 aliphatic carbocycles. The highest BCUT2D eigenvalue weighted by molar-refractivity contribution is 9.10. The Bertz CT molecular complexity index is 1020. The monoisotopic (exact) mass is 433 g/mol. The molecule has 0 saturated carbocycles. The third-order valence-electron chi connectivity index (χ3n) is 4.19. The lowest BCUT2D eigenvalue weighted by Gasteiger charge is -2.09. The Hall–Kier alpha value is -2.12. The van der Waals surface area contributed by atoms with Crippen molar-refractivity contribution < 1.29 is 8.42 Å². The third-order valence-corrected chi connectivity index (χ3v) is 6.09. The van der Waals surface area contributed by atoms with Crippen LogP contribution in [-0.4, -0.2) is 18.2 Å². The van der Waals surface area contributed by atoms with E-state index in [1.807, 2.05) is 42.8 Å². The van der Waals surface area contributed by atoms with E-state index in [0.29, 0.717) is 17.9 Å². The summed E-state index contributed by atoms with van der Waals surface area (Å²) in [5.41, 5.74) is 4.06. The predicted molar refractivity (Wildman–Crippen MR) is 107 cm³/mol. The number of nitrogens with zero attached hydrogens (tertiary/aromatic N) is 2. The van der Waals surface area contributed by atoms with Crippen molar-refractivity contribution in [3.05, 3.63) is 75.5 Å². The summed E-state index contributed by atoms with van der Waals surface area (Å²) < 4.78 is 30.9. The summed E-state index contributed by atoms with van der Waals surface area (Å²) in [6, 6.07) is 14.7. The SMILES string of the molecule is Cc1ccc(S(=O)(=O)Nc2c(C)nn(Cc3ccc(Br)cc3)c2C)cc1. The van der Waals surface area contributed by atoms with E-state index in [4.69, 9.17) is 0 Å². The fourth-order valence-electron chi connectivity index (χ4n) is 2.67. The average molecular weight is 434 g/mol. The van der Waals surface area contributed by atoms with E-state index in [-0.39, 0.29) is 4.90 Å². The number of hydrogen-bond acceptors (Lipinski definition) is 3. The molecule has 0 bridgehead atoms. The summed E-state index contributed by atoms with van der Waals surface area (Å²) in [6.07, 6.45) is 0. The molecule has 0 atom stereocenters. The van der Waals surface area contributed by atoms with Crippen LogP contribution in [-0.2, 0) is 16.6 Å². The van der Waals surface area contributed by atoms with Gasteiger partial charge < -0.3 is 0 Å². The van der Waals surface area contributed by atoms with Gasteiger partial charge in [-0.3, -0.25) is 9.40 Å². The molecule has 0 aliphatic rings. The summed E-state index contributed by atoms with van der Waals surface area (Å²) >= 11 is 3.42. The first-order valence-electron chi connectivity index (χ1n) is 8.14. The molecule has 0 spiro atoms. The summed E-state index contributed by atoms with van der Waals surface area (Å²) in [6.45, 7) is 6.17. The standard InChI is InChI=1S/C19H20BrN3O2S/c1-13-4-10-18(11-5-13)26(24,25)22-19-14(2)21-23(15(19)3)12-16-6-8-17(20)9-7-16/h4-11,22H,12H2,1-3H3. The van der Waals surface area contributed by atoms with Gasteiger partial charge in [-0.15, -0.1) is 0 Å². The van der Waals surface area contributed by atoms with Gasteiger partial charge in [0.2, 0.25) is 0 Å². The highest BCUT2D eigenvalue weighted by atomic mass is 79.9. The van der Waals surface area contributed by atoms with Gasteiger partial charge in [-0.2, -0.15) is 5.10 Å². The van der Waals surface area contributed by atoms with E-state index in [1.54, 1.807) is 31.2 Å². The van der Waals surface area contributed by atoms with Crippen molar-refractivity contribution in [1.29, 1.82) is 0 Å². The first-order chi connectivity index (χ1) is 12.3. The van der Waals surface area contributed by atoms with Gasteiger partial charge in [0.25, 0.3) is 10.0 Å². The Morgan fingerprint density at radius 2 is 1.62 bits per heavy atom. The Labute approximate surface area is 162 Å². The lowest BCUT2D eigenvalue weighted by atomic mass is 10.2. The number of sulfonamides is 1. The minimum Gasteiger partial charge on any atom is -0.276 e. The van der Waals surface area contributed by atoms with Gasteiger partial charge in [0, 0.05) is 4.47 Å². The van der Waals surface area contributed by atoms with E-state index in [2.05, 4.69) is 25.8 Å². The zero-order chi connectivity index (χ0) is 18.9. The fraction of sp³-hybridized carbons (Fsp3) is 0.211. The van der Waals surface area contributed by atoms with Gasteiger partial charge in [0.1, 0.15) is 0 Å². The fourth-order valence-corrected chi connectivity index (χ4v) is 4.11. The van der Waals surface area contributed by atoms with Gasteiger partial charge in [-0.25, -0.2) is 8.42 Å². The molecule has 0 aliphatic heterocycles. The zero-order valence-electron chi connectivity index (χ0n) is 14.8. The van der Waals surface area contributed by atoms with Crippen LogP contribution in [0.25, 0.3) is 0 Å². The number of nitrogens with one attached hydrogen (secondary N) is 1. The van der Waals surface area contributed by atoms with Crippen molar-refractivity contribution >= 4 is 31.6 Å². The molecule has 5 nitrogen and oxygen atoms in total. The zero-order valence-corrected chi connectivity index (χ0v) is 17.2. The molecule has 1 N–H and O–H groups in total. The number of rotatable bonds is 5. The molecule has 0 fully saturated rings. The topological polar surface area (TPSA) is 64.0 Å². The van der Waals surface area contributed by atoms with Crippen molar-refractivity contribution in [3.8, 4) is 0 Å². The van der Waals surface area contributed by atoms with E-state index in [1.165, 1.54) is 0 Å². The highest BCUT2D eigenvalue weighted by Gasteiger charge is 2.20. The number of anilines is 1. The molecule has 26 heavy (non-hydrogen) atoms. The van der Waals surface area contributed by atoms with Gasteiger partial charge in [-0.1, -0.05) is 45.8 Å². The van der Waals surface area contributed by atoms with E-state index >= 15 is 0 Å². The highest BCUT2D eigenvalue weighted by Crippen LogP contribution is 2.24. The van der Waals surface area contributed by atoms with Crippen LogP contribution >= 0.6 is 15.9 Å². The van der Waals surface area contributed by atoms with Gasteiger partial charge in [0.15, 0.2) is 0 Å². The number of aromatic nitrogens is 2. The number of hydrogen-bond donors (Lipinski definition) is 1. The van der Waals surface area contributed by atoms with E-state index < -0.39 is 10.0 Å². The molecule has 1 aromatic heterocycles. The second-order valence-corrected chi connectivity index (χ2v) is 8.85. The molecule has 0 unspecified atom stereocenters. The smallest absolute Gasteiger partial charge is 0.262 e. The van der Waals surface area contributed by atoms with Gasteiger partial charge in [0.05, 0.1) is 28.5 Å². The summed E-state index contributed by atoms with van der Waals surface area (Å²) in [5, 5.41) is 4.50. The lowest BCUT2D eigenvalue weighted by Crippen LogP contribution is -2.14. The van der Waals surface area contributed by atoms with Crippen LogP contribution in [0.15, 0.2) is 57.9 Å². The Kier molecular flexibility index (Phi) is 5.20. The molecule has 1 heterocycles. The van der Waals surface area contributed by atoms with Crippen LogP contribution in [0.5, 0.6) is 0 Å². The summed E-state index contributed by atoms with van der Waals surface area (Å²) in [4.78, 5) is 0.238. The van der Waals surface area contributed by atoms with Crippen molar-refractivity contribution in [3.63, 3.8) is 0 Å². The van der Waals surface area contributed by atoms with Gasteiger partial charge in [-0.05, 0) is 50.6 Å². The van der Waals surface area contributed by atoms with Crippen LogP contribution in [0.3, 0.4) is 0 Å². The van der Waals surface area contributed by atoms with E-state index in [0.717, 1.165) is 21.3 Å². The molecule has 3 aromatic rings. The number of halogens is 1. The Morgan fingerprint density at radius 1 is 1.00 bits per heavy atom. The van der Waals surface area contributed by atoms with Crippen molar-refractivity contribution in [2.75, 3.05) is 4.72 Å². The summed E-state index contributed by atoms with van der Waals surface area (Å²) in [7, 11) is -3.65. The molecule has 0 radical (unpaired) electrons. The molecular weight excluding hydrogens is 414 g/mol. The van der Waals surface area contributed by atoms with Crippen LogP contribution in [0.4, 0.5) is 5.69 Å². The maximum atomic E-state index is 12.7. The molecule has 0 saturated heterocycles. The lowest BCUT2D eigenvalue weighted by molar-refractivity contribution is 0.601. The van der Waals surface area contributed by atoms with Crippen LogP contribution in [0.1, 0.15) is 22.5 Å². The second kappa shape index (κ2) is 7.25. The van der Waals surface area contributed by atoms with Crippen LogP contribution in [0.2, 0.25) is 0 Å². The third kappa shape index (κ3) is 3.99. The largest absolute Gasteiger partial charge is 0.276 e. The van der Waals surface area contributed by atoms with Gasteiger partial charge >= 0.3 is 0 Å². The minimum absolute atomic E-state index is 0.238. The van der Waals surface area contributed by atoms with Crippen molar-refractivity contribution in [2.45, 2.75) is 32.2 Å². The van der Waals surface area contributed by atoms with Crippen molar-refractivity contribution in [1.82, 2.24) is 9.78 Å². The Balaban J connectivity index is 1.88. The molecule has 0 amide bonds. The maximum absolute atomic E-state index is 12.7. The molecule has 3 rings (SSSR count). The molecule has 2 aromatic carbocycles.